The number of aromatic carboxylic acids is 1. The molecule has 7 nitrogen and oxygen atoms in total. The van der Waals surface area contributed by atoms with Gasteiger partial charge in [-0.3, -0.25) is 9.97 Å². The number of rotatable bonds is 11. The van der Waals surface area contributed by atoms with Gasteiger partial charge in [-0.1, -0.05) is 32.3 Å². The third-order valence-corrected chi connectivity index (χ3v) is 9.37. The lowest BCUT2D eigenvalue weighted by Crippen LogP contribution is -2.25. The van der Waals surface area contributed by atoms with E-state index < -0.39 is 18.0 Å². The monoisotopic (exact) mass is 573 g/mol. The number of nitrogens with zero attached hydrogens (tertiary/aromatic N) is 2. The van der Waals surface area contributed by atoms with E-state index in [0.29, 0.717) is 17.1 Å². The molecule has 1 unspecified atom stereocenters. The van der Waals surface area contributed by atoms with E-state index >= 15 is 0 Å². The summed E-state index contributed by atoms with van der Waals surface area (Å²) in [5, 5.41) is 22.6. The van der Waals surface area contributed by atoms with Gasteiger partial charge in [0.1, 0.15) is 0 Å². The third-order valence-electron chi connectivity index (χ3n) is 6.89. The molecule has 0 amide bonds. The van der Waals surface area contributed by atoms with Crippen LogP contribution in [0.25, 0.3) is 21.7 Å². The van der Waals surface area contributed by atoms with Gasteiger partial charge in [0.15, 0.2) is 0 Å². The summed E-state index contributed by atoms with van der Waals surface area (Å²) in [4.78, 5) is 36.4. The average molecular weight is 574 g/mol. The van der Waals surface area contributed by atoms with Crippen LogP contribution in [-0.4, -0.2) is 37.9 Å². The zero-order chi connectivity index (χ0) is 28.1. The Hall–Kier alpha value is -3.69. The number of aryl methyl sites for hydroxylation is 1. The molecule has 3 aromatic rings. The summed E-state index contributed by atoms with van der Waals surface area (Å²) < 4.78 is 0. The maximum atomic E-state index is 12.0. The number of carboxylic acids is 2. The van der Waals surface area contributed by atoms with Gasteiger partial charge < -0.3 is 15.5 Å². The Kier molecular flexibility index (Phi) is 8.81. The summed E-state index contributed by atoms with van der Waals surface area (Å²) in [5.41, 5.74) is 3.95. The summed E-state index contributed by atoms with van der Waals surface area (Å²) in [6.45, 7) is 2.23. The fraction of sp³-hybridized carbons (Fsp3) is 0.290. The van der Waals surface area contributed by atoms with Crippen LogP contribution in [0.2, 0.25) is 0 Å². The number of aromatic nitrogens is 2. The lowest BCUT2D eigenvalue weighted by atomic mass is 9.99. The second-order valence-electron chi connectivity index (χ2n) is 9.78. The summed E-state index contributed by atoms with van der Waals surface area (Å²) in [7, 11) is 0. The zero-order valence-electron chi connectivity index (χ0n) is 22.2. The quantitative estimate of drug-likeness (QED) is 0.207. The molecule has 5 heterocycles. The standard InChI is InChI=1S/C31H31N3O4S2/c1-2-3-4-5-7-22-18-23(29(40-22)28-8-6-13-39-28)19-9-11-32-24(14-19)26-16-21(31(37)38)17-27(34-26)25-15-20(30(35)36)10-12-33-25/h8-12,14-18,27,34H,2-7,13H2,1H3,(H,35,36)(H,37,38). The Bertz CT molecular complexity index is 1520. The van der Waals surface area contributed by atoms with Crippen molar-refractivity contribution in [3.8, 4) is 11.1 Å². The normalized spacial score (nSPS) is 16.6. The number of thioether (sulfide) groups is 1. The minimum atomic E-state index is -1.08. The highest BCUT2D eigenvalue weighted by Crippen LogP contribution is 2.44. The van der Waals surface area contributed by atoms with Crippen molar-refractivity contribution < 1.29 is 19.8 Å². The van der Waals surface area contributed by atoms with Gasteiger partial charge >= 0.3 is 11.9 Å². The summed E-state index contributed by atoms with van der Waals surface area (Å²) in [5.74, 6) is -1.05. The molecule has 9 heteroatoms. The van der Waals surface area contributed by atoms with Crippen LogP contribution in [-0.2, 0) is 11.2 Å². The Morgan fingerprint density at radius 2 is 1.90 bits per heavy atom. The van der Waals surface area contributed by atoms with Crippen LogP contribution in [0.1, 0.15) is 76.6 Å². The fourth-order valence-corrected chi connectivity index (χ4v) is 7.23. The predicted octanol–water partition coefficient (Wildman–Crippen LogP) is 7.20. The Balaban J connectivity index is 1.48. The van der Waals surface area contributed by atoms with Gasteiger partial charge in [-0.05, 0) is 67.3 Å². The molecule has 0 spiro atoms. The molecule has 0 bridgehead atoms. The molecule has 0 saturated carbocycles. The Labute approximate surface area is 241 Å². The van der Waals surface area contributed by atoms with E-state index in [1.54, 1.807) is 12.3 Å². The topological polar surface area (TPSA) is 112 Å². The summed E-state index contributed by atoms with van der Waals surface area (Å²) >= 11 is 3.77. The van der Waals surface area contributed by atoms with E-state index in [9.17, 15) is 19.8 Å². The van der Waals surface area contributed by atoms with Crippen molar-refractivity contribution in [3.63, 3.8) is 0 Å². The number of aliphatic carboxylic acids is 1. The molecule has 3 N–H and O–H groups in total. The van der Waals surface area contributed by atoms with E-state index in [0.717, 1.165) is 24.2 Å². The van der Waals surface area contributed by atoms with Crippen LogP contribution in [0.3, 0.4) is 0 Å². The number of hydrogen-bond acceptors (Lipinski definition) is 7. The minimum Gasteiger partial charge on any atom is -0.478 e. The average Bonchev–Trinajstić information content (AvgIpc) is 3.66. The number of pyridine rings is 2. The molecule has 40 heavy (non-hydrogen) atoms. The van der Waals surface area contributed by atoms with Crippen molar-refractivity contribution in [1.82, 2.24) is 15.3 Å². The van der Waals surface area contributed by atoms with E-state index in [1.807, 2.05) is 35.2 Å². The highest BCUT2D eigenvalue weighted by Gasteiger charge is 2.24. The van der Waals surface area contributed by atoms with Crippen molar-refractivity contribution in [2.75, 3.05) is 5.75 Å². The predicted molar refractivity (Wildman–Crippen MR) is 161 cm³/mol. The minimum absolute atomic E-state index is 0.0860. The van der Waals surface area contributed by atoms with Crippen LogP contribution in [0.5, 0.6) is 0 Å². The molecule has 2 aliphatic heterocycles. The fourth-order valence-electron chi connectivity index (χ4n) is 4.84. The largest absolute Gasteiger partial charge is 0.478 e. The zero-order valence-corrected chi connectivity index (χ0v) is 23.9. The highest BCUT2D eigenvalue weighted by molar-refractivity contribution is 8.08. The maximum absolute atomic E-state index is 12.0. The van der Waals surface area contributed by atoms with Gasteiger partial charge in [0.05, 0.1) is 34.3 Å². The van der Waals surface area contributed by atoms with Crippen LogP contribution in [0, 0.1) is 0 Å². The number of hydrogen-bond donors (Lipinski definition) is 3. The van der Waals surface area contributed by atoms with Gasteiger partial charge in [-0.25, -0.2) is 9.59 Å². The number of nitrogens with one attached hydrogen (secondary N) is 1. The first-order valence-electron chi connectivity index (χ1n) is 13.5. The highest BCUT2D eigenvalue weighted by atomic mass is 32.2. The van der Waals surface area contributed by atoms with Gasteiger partial charge in [0.25, 0.3) is 0 Å². The summed E-state index contributed by atoms with van der Waals surface area (Å²) in [6.07, 6.45) is 15.6. The van der Waals surface area contributed by atoms with Crippen molar-refractivity contribution >= 4 is 45.6 Å². The molecule has 0 radical (unpaired) electrons. The van der Waals surface area contributed by atoms with Crippen molar-refractivity contribution in [1.29, 1.82) is 0 Å². The van der Waals surface area contributed by atoms with E-state index in [4.69, 9.17) is 0 Å². The molecule has 0 fully saturated rings. The van der Waals surface area contributed by atoms with E-state index in [-0.39, 0.29) is 11.1 Å². The molecule has 206 valence electrons. The SMILES string of the molecule is CCCCCCc1cc(-c2ccnc(C3=CC(C(=O)O)=CC(c4cc(C(=O)O)ccn4)N3)c2)c(C2=CCCS2)s1. The Morgan fingerprint density at radius 1 is 1.05 bits per heavy atom. The third kappa shape index (κ3) is 6.37. The lowest BCUT2D eigenvalue weighted by Gasteiger charge is -2.23. The molecule has 3 aromatic heterocycles. The second-order valence-corrected chi connectivity index (χ2v) is 12.1. The van der Waals surface area contributed by atoms with Crippen molar-refractivity contribution in [2.45, 2.75) is 51.5 Å². The number of carbonyl (C=O) groups is 2. The second kappa shape index (κ2) is 12.7. The molecule has 0 saturated heterocycles. The van der Waals surface area contributed by atoms with Gasteiger partial charge in [0, 0.05) is 38.4 Å². The molecule has 0 aliphatic carbocycles. The number of allylic oxidation sites excluding steroid dienone is 1. The molecule has 5 rings (SSSR count). The van der Waals surface area contributed by atoms with Crippen molar-refractivity contribution in [3.05, 3.63) is 93.2 Å². The summed E-state index contributed by atoms with van der Waals surface area (Å²) in [6, 6.07) is 8.54. The van der Waals surface area contributed by atoms with Gasteiger partial charge in [-0.2, -0.15) is 0 Å². The van der Waals surface area contributed by atoms with Gasteiger partial charge in [-0.15, -0.1) is 23.1 Å². The smallest absolute Gasteiger partial charge is 0.335 e. The maximum Gasteiger partial charge on any atom is 0.335 e. The van der Waals surface area contributed by atoms with Crippen LogP contribution in [0.4, 0.5) is 0 Å². The molecular formula is C31H31N3O4S2. The Morgan fingerprint density at radius 3 is 2.65 bits per heavy atom. The molecule has 2 aliphatic rings. The van der Waals surface area contributed by atoms with Crippen molar-refractivity contribution in [2.24, 2.45) is 0 Å². The first-order chi connectivity index (χ1) is 19.4. The van der Waals surface area contributed by atoms with E-state index in [1.165, 1.54) is 70.3 Å². The van der Waals surface area contributed by atoms with Gasteiger partial charge in [0.2, 0.25) is 0 Å². The van der Waals surface area contributed by atoms with Crippen LogP contribution in [0.15, 0.2) is 66.5 Å². The number of dihydropyridines is 1. The van der Waals surface area contributed by atoms with E-state index in [2.05, 4.69) is 34.4 Å². The first-order valence-corrected chi connectivity index (χ1v) is 15.3. The van der Waals surface area contributed by atoms with Crippen LogP contribution >= 0.6 is 23.1 Å². The number of thiophene rings is 1. The molecule has 0 aromatic carbocycles. The molecular weight excluding hydrogens is 542 g/mol. The number of carboxylic acid groups (broad SMARTS) is 2. The molecule has 1 atom stereocenters. The van der Waals surface area contributed by atoms with Crippen LogP contribution < -0.4 is 5.32 Å². The first kappa shape index (κ1) is 27.9. The lowest BCUT2D eigenvalue weighted by molar-refractivity contribution is -0.132. The number of unbranched alkanes of at least 4 members (excludes halogenated alkanes) is 3.